The van der Waals surface area contributed by atoms with E-state index in [0.717, 1.165) is 25.1 Å². The fourth-order valence-corrected chi connectivity index (χ4v) is 6.74. The summed E-state index contributed by atoms with van der Waals surface area (Å²) in [5.41, 5.74) is -3.69. The zero-order valence-electron chi connectivity index (χ0n) is 19.6. The van der Waals surface area contributed by atoms with E-state index in [1.165, 1.54) is 0 Å². The van der Waals surface area contributed by atoms with Crippen molar-refractivity contribution in [3.05, 3.63) is 29.1 Å². The SMILES string of the molecule is O=C(N1CCc2ncc(C(F)(F)F)cc2C1)[C@@]12CCC[C@@H]1C[C@@H](N[C@H]1CCOC[C@]1(O)C(F)(F)F)C2. The van der Waals surface area contributed by atoms with Crippen molar-refractivity contribution in [2.24, 2.45) is 11.3 Å². The van der Waals surface area contributed by atoms with Crippen LogP contribution in [-0.2, 0) is 28.7 Å². The first kappa shape index (κ1) is 25.7. The monoisotopic (exact) mass is 521 g/mol. The number of amides is 1. The normalized spacial score (nSPS) is 35.0. The van der Waals surface area contributed by atoms with Crippen molar-refractivity contribution in [2.75, 3.05) is 19.8 Å². The van der Waals surface area contributed by atoms with E-state index in [-0.39, 0.29) is 37.4 Å². The second-order valence-corrected chi connectivity index (χ2v) is 10.7. The highest BCUT2D eigenvalue weighted by Crippen LogP contribution is 2.56. The van der Waals surface area contributed by atoms with Gasteiger partial charge in [-0.05, 0) is 49.7 Å². The lowest BCUT2D eigenvalue weighted by atomic mass is 9.78. The quantitative estimate of drug-likeness (QED) is 0.595. The van der Waals surface area contributed by atoms with E-state index in [0.29, 0.717) is 43.5 Å². The zero-order valence-corrected chi connectivity index (χ0v) is 19.6. The Hall–Kier alpha value is -1.92. The van der Waals surface area contributed by atoms with Gasteiger partial charge in [-0.3, -0.25) is 9.78 Å². The molecular weight excluding hydrogens is 492 g/mol. The number of nitrogens with zero attached hydrogens (tertiary/aromatic N) is 2. The van der Waals surface area contributed by atoms with Crippen LogP contribution >= 0.6 is 0 Å². The Morgan fingerprint density at radius 1 is 1.22 bits per heavy atom. The first-order valence-corrected chi connectivity index (χ1v) is 12.3. The summed E-state index contributed by atoms with van der Waals surface area (Å²) in [6.45, 7) is -0.372. The predicted octanol–water partition coefficient (Wildman–Crippen LogP) is 3.61. The fourth-order valence-electron chi connectivity index (χ4n) is 6.74. The van der Waals surface area contributed by atoms with Crippen molar-refractivity contribution in [1.29, 1.82) is 0 Å². The molecule has 6 nitrogen and oxygen atoms in total. The number of fused-ring (bicyclic) bond motifs is 2. The van der Waals surface area contributed by atoms with E-state index < -0.39 is 41.6 Å². The Bertz CT molecular complexity index is 1020. The lowest BCUT2D eigenvalue weighted by molar-refractivity contribution is -0.297. The summed E-state index contributed by atoms with van der Waals surface area (Å²) in [5, 5.41) is 13.4. The third kappa shape index (κ3) is 4.28. The molecule has 0 radical (unpaired) electrons. The summed E-state index contributed by atoms with van der Waals surface area (Å²) < 4.78 is 85.4. The van der Waals surface area contributed by atoms with E-state index in [1.54, 1.807) is 4.90 Å². The Morgan fingerprint density at radius 3 is 2.72 bits per heavy atom. The molecule has 5 rings (SSSR count). The van der Waals surface area contributed by atoms with Crippen molar-refractivity contribution in [2.45, 2.75) is 81.5 Å². The van der Waals surface area contributed by atoms with E-state index in [4.69, 9.17) is 4.74 Å². The first-order valence-electron chi connectivity index (χ1n) is 12.3. The van der Waals surface area contributed by atoms with Crippen molar-refractivity contribution in [3.8, 4) is 0 Å². The van der Waals surface area contributed by atoms with Crippen LogP contribution in [0.5, 0.6) is 0 Å². The maximum absolute atomic E-state index is 13.8. The summed E-state index contributed by atoms with van der Waals surface area (Å²) in [7, 11) is 0. The highest BCUT2D eigenvalue weighted by molar-refractivity contribution is 5.84. The van der Waals surface area contributed by atoms with Crippen LogP contribution in [0.2, 0.25) is 0 Å². The van der Waals surface area contributed by atoms with Crippen molar-refractivity contribution in [1.82, 2.24) is 15.2 Å². The van der Waals surface area contributed by atoms with Gasteiger partial charge in [0.2, 0.25) is 5.91 Å². The van der Waals surface area contributed by atoms with Gasteiger partial charge in [-0.1, -0.05) is 6.42 Å². The van der Waals surface area contributed by atoms with Crippen molar-refractivity contribution < 1.29 is 41.0 Å². The molecule has 4 aliphatic rings. The zero-order chi connectivity index (χ0) is 25.9. The van der Waals surface area contributed by atoms with E-state index >= 15 is 0 Å². The lowest BCUT2D eigenvalue weighted by Gasteiger charge is -2.42. The molecule has 36 heavy (non-hydrogen) atoms. The highest BCUT2D eigenvalue weighted by Gasteiger charge is 2.62. The number of carbonyl (C=O) groups excluding carboxylic acids is 1. The molecule has 3 heterocycles. The van der Waals surface area contributed by atoms with E-state index in [9.17, 15) is 36.2 Å². The van der Waals surface area contributed by atoms with Gasteiger partial charge in [0.25, 0.3) is 0 Å². The summed E-state index contributed by atoms with van der Waals surface area (Å²) in [4.78, 5) is 19.4. The Morgan fingerprint density at radius 2 is 2.00 bits per heavy atom. The molecule has 2 saturated carbocycles. The molecule has 5 atom stereocenters. The van der Waals surface area contributed by atoms with Gasteiger partial charge >= 0.3 is 12.4 Å². The minimum Gasteiger partial charge on any atom is -0.378 e. The molecular formula is C24H29F6N3O3. The maximum atomic E-state index is 13.8. The number of hydrogen-bond acceptors (Lipinski definition) is 5. The summed E-state index contributed by atoms with van der Waals surface area (Å²) >= 11 is 0. The fraction of sp³-hybridized carbons (Fsp3) is 0.750. The van der Waals surface area contributed by atoms with Gasteiger partial charge in [0.1, 0.15) is 0 Å². The van der Waals surface area contributed by atoms with Crippen LogP contribution < -0.4 is 5.32 Å². The average molecular weight is 522 g/mol. The van der Waals surface area contributed by atoms with Crippen molar-refractivity contribution in [3.63, 3.8) is 0 Å². The molecule has 1 amide bonds. The maximum Gasteiger partial charge on any atom is 0.421 e. The van der Waals surface area contributed by atoms with Crippen LogP contribution in [0, 0.1) is 11.3 Å². The van der Waals surface area contributed by atoms with Crippen LogP contribution in [0.25, 0.3) is 0 Å². The second-order valence-electron chi connectivity index (χ2n) is 10.7. The van der Waals surface area contributed by atoms with Gasteiger partial charge in [0.15, 0.2) is 5.60 Å². The lowest BCUT2D eigenvalue weighted by Crippen LogP contribution is -2.66. The van der Waals surface area contributed by atoms with Gasteiger partial charge in [0, 0.05) is 50.1 Å². The van der Waals surface area contributed by atoms with Crippen LogP contribution in [-0.4, -0.2) is 64.5 Å². The molecule has 12 heteroatoms. The van der Waals surface area contributed by atoms with Crippen LogP contribution in [0.3, 0.4) is 0 Å². The minimum atomic E-state index is -4.86. The molecule has 2 aliphatic heterocycles. The Labute approximate surface area is 204 Å². The molecule has 1 aromatic rings. The van der Waals surface area contributed by atoms with Crippen LogP contribution in [0.4, 0.5) is 26.3 Å². The third-order valence-corrected chi connectivity index (χ3v) is 8.59. The van der Waals surface area contributed by atoms with Gasteiger partial charge < -0.3 is 20.1 Å². The number of alkyl halides is 6. The number of nitrogens with one attached hydrogen (secondary N) is 1. The number of ether oxygens (including phenoxy) is 1. The third-order valence-electron chi connectivity index (χ3n) is 8.59. The topological polar surface area (TPSA) is 74.7 Å². The molecule has 0 bridgehead atoms. The summed E-state index contributed by atoms with van der Waals surface area (Å²) in [6.07, 6.45) is -5.20. The van der Waals surface area contributed by atoms with Gasteiger partial charge in [-0.2, -0.15) is 26.3 Å². The van der Waals surface area contributed by atoms with E-state index in [2.05, 4.69) is 10.3 Å². The molecule has 0 unspecified atom stereocenters. The number of pyridine rings is 1. The molecule has 1 aromatic heterocycles. The smallest absolute Gasteiger partial charge is 0.378 e. The number of aliphatic hydroxyl groups is 1. The highest BCUT2D eigenvalue weighted by atomic mass is 19.4. The molecule has 3 fully saturated rings. The Kier molecular flexibility index (Phi) is 6.31. The van der Waals surface area contributed by atoms with Crippen LogP contribution in [0.1, 0.15) is 55.3 Å². The van der Waals surface area contributed by atoms with Crippen molar-refractivity contribution >= 4 is 5.91 Å². The predicted molar refractivity (Wildman–Crippen MR) is 115 cm³/mol. The number of hydrogen-bond donors (Lipinski definition) is 2. The standard InChI is InChI=1S/C24H29F6N3O3/c25-23(26,27)16-8-14-12-33(6-3-18(14)31-11-16)20(34)21-5-1-2-15(21)9-17(10-21)32-19-4-7-36-13-22(19,35)24(28,29)30/h8,11,15,17,19,32,35H,1-7,9-10,12-13H2/t15-,17-,19+,21-,22-/m1/s1. The molecule has 0 aromatic carbocycles. The number of carbonyl (C=O) groups is 1. The molecule has 2 N–H and O–H groups in total. The van der Waals surface area contributed by atoms with Gasteiger partial charge in [-0.25, -0.2) is 0 Å². The summed E-state index contributed by atoms with van der Waals surface area (Å²) in [5.74, 6) is -0.169. The van der Waals surface area contributed by atoms with Crippen LogP contribution in [0.15, 0.2) is 12.3 Å². The number of aromatic nitrogens is 1. The second kappa shape index (κ2) is 8.83. The largest absolute Gasteiger partial charge is 0.421 e. The summed E-state index contributed by atoms with van der Waals surface area (Å²) in [6, 6.07) is -0.573. The van der Waals surface area contributed by atoms with Gasteiger partial charge in [-0.15, -0.1) is 0 Å². The molecule has 200 valence electrons. The molecule has 0 spiro atoms. The minimum absolute atomic E-state index is 0.00439. The Balaban J connectivity index is 1.32. The molecule has 2 aliphatic carbocycles. The van der Waals surface area contributed by atoms with Gasteiger partial charge in [0.05, 0.1) is 17.6 Å². The number of rotatable bonds is 3. The first-order chi connectivity index (χ1) is 16.8. The number of halogens is 6. The molecule has 1 saturated heterocycles. The average Bonchev–Trinajstić information content (AvgIpc) is 3.36. The van der Waals surface area contributed by atoms with E-state index in [1.807, 2.05) is 0 Å².